The lowest BCUT2D eigenvalue weighted by molar-refractivity contribution is -0.395. The number of aliphatic hydroxyl groups is 13. The maximum atomic E-state index is 11.3. The van der Waals surface area contributed by atoms with Gasteiger partial charge >= 0.3 is 0 Å². The van der Waals surface area contributed by atoms with Gasteiger partial charge in [-0.15, -0.1) is 0 Å². The van der Waals surface area contributed by atoms with Gasteiger partial charge < -0.3 is 99.5 Å². The zero-order chi connectivity index (χ0) is 31.7. The van der Waals surface area contributed by atoms with Crippen molar-refractivity contribution in [2.45, 2.75) is 117 Å². The highest BCUT2D eigenvalue weighted by atomic mass is 16.8. The molecule has 4 saturated heterocycles. The summed E-state index contributed by atoms with van der Waals surface area (Å²) in [7, 11) is 0. The highest BCUT2D eigenvalue weighted by molar-refractivity contribution is 4.98. The van der Waals surface area contributed by atoms with E-state index in [4.69, 9.17) is 33.2 Å². The van der Waals surface area contributed by atoms with Crippen molar-refractivity contribution in [3.63, 3.8) is 0 Å². The van der Waals surface area contributed by atoms with Crippen LogP contribution in [0.4, 0.5) is 0 Å². The summed E-state index contributed by atoms with van der Waals surface area (Å²) in [5, 5.41) is 132. The summed E-state index contributed by atoms with van der Waals surface area (Å²) >= 11 is 0. The molecule has 20 nitrogen and oxygen atoms in total. The van der Waals surface area contributed by atoms with Gasteiger partial charge in [-0.05, 0) is 0 Å². The van der Waals surface area contributed by atoms with E-state index in [2.05, 4.69) is 0 Å². The summed E-state index contributed by atoms with van der Waals surface area (Å²) in [6.07, 6.45) is -33.4. The van der Waals surface area contributed by atoms with Crippen LogP contribution >= 0.6 is 0 Å². The van der Waals surface area contributed by atoms with Crippen molar-refractivity contribution in [1.29, 1.82) is 0 Å². The molecule has 0 radical (unpaired) electrons. The van der Waals surface area contributed by atoms with Crippen LogP contribution in [-0.2, 0) is 33.2 Å². The summed E-state index contributed by atoms with van der Waals surface area (Å²) < 4.78 is 38.3. The van der Waals surface area contributed by atoms with Crippen LogP contribution in [0.2, 0.25) is 0 Å². The van der Waals surface area contributed by atoms with E-state index in [9.17, 15) is 66.4 Å². The van der Waals surface area contributed by atoms with Gasteiger partial charge in [0.15, 0.2) is 25.2 Å². The van der Waals surface area contributed by atoms with Crippen LogP contribution in [-0.4, -0.2) is 210 Å². The Morgan fingerprint density at radius 2 is 0.953 bits per heavy atom. The summed E-state index contributed by atoms with van der Waals surface area (Å²) in [6, 6.07) is 0. The fraction of sp³-hybridized carbons (Fsp3) is 1.00. The van der Waals surface area contributed by atoms with Gasteiger partial charge in [0, 0.05) is 0 Å². The molecule has 4 rings (SSSR count). The van der Waals surface area contributed by atoms with Crippen LogP contribution in [0.25, 0.3) is 0 Å². The lowest BCUT2D eigenvalue weighted by atomic mass is 9.95. The van der Waals surface area contributed by atoms with E-state index in [1.54, 1.807) is 0 Å². The predicted molar refractivity (Wildman–Crippen MR) is 128 cm³/mol. The Balaban J connectivity index is 1.62. The number of hydrogen-bond acceptors (Lipinski definition) is 20. The zero-order valence-electron chi connectivity index (χ0n) is 22.5. The predicted octanol–water partition coefficient (Wildman–Crippen LogP) is -9.11. The maximum absolute atomic E-state index is 11.3. The minimum absolute atomic E-state index is 0.520. The zero-order valence-corrected chi connectivity index (χ0v) is 22.5. The van der Waals surface area contributed by atoms with Gasteiger partial charge in [-0.2, -0.15) is 0 Å². The molecule has 0 aromatic carbocycles. The average molecular weight is 637 g/mol. The van der Waals surface area contributed by atoms with E-state index in [-0.39, 0.29) is 0 Å². The summed E-state index contributed by atoms with van der Waals surface area (Å²) in [6.45, 7) is -3.08. The normalized spacial score (nSPS) is 53.1. The lowest BCUT2D eigenvalue weighted by Gasteiger charge is -2.49. The third-order valence-corrected chi connectivity index (χ3v) is 7.81. The van der Waals surface area contributed by atoms with E-state index >= 15 is 0 Å². The second kappa shape index (κ2) is 14.7. The molecule has 0 unspecified atom stereocenters. The van der Waals surface area contributed by atoms with Gasteiger partial charge in [0.2, 0.25) is 0 Å². The minimum atomic E-state index is -2.02. The lowest BCUT2D eigenvalue weighted by Crippen LogP contribution is -2.68. The first-order valence-electron chi connectivity index (χ1n) is 13.5. The van der Waals surface area contributed by atoms with Crippen molar-refractivity contribution < 1.29 is 99.5 Å². The van der Waals surface area contributed by atoms with Crippen molar-refractivity contribution in [2.75, 3.05) is 26.4 Å². The van der Waals surface area contributed by atoms with E-state index in [0.29, 0.717) is 0 Å². The van der Waals surface area contributed by atoms with Crippen molar-refractivity contribution >= 4 is 0 Å². The molecule has 43 heavy (non-hydrogen) atoms. The molecule has 0 aliphatic carbocycles. The Kier molecular flexibility index (Phi) is 12.0. The van der Waals surface area contributed by atoms with Crippen LogP contribution in [0.3, 0.4) is 0 Å². The minimum Gasteiger partial charge on any atom is -0.394 e. The first kappa shape index (κ1) is 35.1. The Labute approximate surface area is 243 Å². The van der Waals surface area contributed by atoms with Gasteiger partial charge in [-0.3, -0.25) is 0 Å². The standard InChI is InChI=1S/C23H40O20/c24-1-6-10(29)11(30)15(34)22(39-6)42-18-8(3-26)40-23(41-17-7(2-25)38-20(36)13(32)12(17)31)16(35)19(18)43-21-14(33)9(28)5(27)4-37-21/h5-36H,1-4H2/t5-,6+,7+,8+,9-,10-,11-,12+,13+,14+,15+,16+,17-,18-,19+,20+,21-,22-,23-/m0/s1. The molecule has 4 aliphatic heterocycles. The fourth-order valence-corrected chi connectivity index (χ4v) is 5.25. The highest BCUT2D eigenvalue weighted by Crippen LogP contribution is 2.34. The van der Waals surface area contributed by atoms with E-state index in [1.165, 1.54) is 0 Å². The fourth-order valence-electron chi connectivity index (χ4n) is 5.25. The van der Waals surface area contributed by atoms with Crippen LogP contribution in [0, 0.1) is 0 Å². The first-order chi connectivity index (χ1) is 20.3. The van der Waals surface area contributed by atoms with Crippen LogP contribution in [0.15, 0.2) is 0 Å². The van der Waals surface area contributed by atoms with Gasteiger partial charge in [-0.25, -0.2) is 0 Å². The molecule has 0 saturated carbocycles. The summed E-state index contributed by atoms with van der Waals surface area (Å²) in [5.74, 6) is 0. The summed E-state index contributed by atoms with van der Waals surface area (Å²) in [4.78, 5) is 0. The number of aliphatic hydroxyl groups excluding tert-OH is 13. The van der Waals surface area contributed by atoms with Gasteiger partial charge in [0.05, 0.1) is 26.4 Å². The molecule has 0 aromatic rings. The van der Waals surface area contributed by atoms with Crippen molar-refractivity contribution in [3.05, 3.63) is 0 Å². The number of rotatable bonds is 9. The SMILES string of the molecule is OC[C@H]1O[C@@H](O[C@@H]2[C@H](O[C@@H]3OC[C@H](O)[C@H](O)[C@H]3O)[C@@H](O)[C@H](O[C@@H]3[C@H](O)[C@@H](O)[C@H](O)O[C@@H]3CO)O[C@@H]2CO)[C@H](O)[C@@H](O)[C@H]1O. The van der Waals surface area contributed by atoms with Gasteiger partial charge in [-0.1, -0.05) is 0 Å². The Bertz CT molecular complexity index is 867. The molecular weight excluding hydrogens is 596 g/mol. The Morgan fingerprint density at radius 1 is 0.442 bits per heavy atom. The average Bonchev–Trinajstić information content (AvgIpc) is 2.99. The number of hydrogen-bond donors (Lipinski definition) is 13. The van der Waals surface area contributed by atoms with Crippen LogP contribution in [0.5, 0.6) is 0 Å². The molecule has 4 aliphatic rings. The highest BCUT2D eigenvalue weighted by Gasteiger charge is 2.55. The largest absolute Gasteiger partial charge is 0.394 e. The number of ether oxygens (including phenoxy) is 7. The third-order valence-electron chi connectivity index (χ3n) is 7.81. The molecular formula is C23H40O20. The molecule has 20 heteroatoms. The molecule has 0 bridgehead atoms. The van der Waals surface area contributed by atoms with E-state index < -0.39 is 143 Å². The Hall–Kier alpha value is -0.800. The first-order valence-corrected chi connectivity index (χ1v) is 13.5. The smallest absolute Gasteiger partial charge is 0.187 e. The van der Waals surface area contributed by atoms with Crippen LogP contribution < -0.4 is 0 Å². The molecule has 0 spiro atoms. The topological polar surface area (TPSA) is 328 Å². The second-order valence-electron chi connectivity index (χ2n) is 10.7. The Morgan fingerprint density at radius 3 is 1.58 bits per heavy atom. The second-order valence-corrected chi connectivity index (χ2v) is 10.7. The molecule has 4 fully saturated rings. The van der Waals surface area contributed by atoms with E-state index in [0.717, 1.165) is 0 Å². The molecule has 19 atom stereocenters. The van der Waals surface area contributed by atoms with Crippen molar-refractivity contribution in [3.8, 4) is 0 Å². The monoisotopic (exact) mass is 636 g/mol. The molecule has 0 amide bonds. The van der Waals surface area contributed by atoms with Crippen molar-refractivity contribution in [1.82, 2.24) is 0 Å². The molecule has 13 N–H and O–H groups in total. The maximum Gasteiger partial charge on any atom is 0.187 e. The molecule has 4 heterocycles. The van der Waals surface area contributed by atoms with Crippen LogP contribution in [0.1, 0.15) is 0 Å². The van der Waals surface area contributed by atoms with Gasteiger partial charge in [0.25, 0.3) is 0 Å². The summed E-state index contributed by atoms with van der Waals surface area (Å²) in [5.41, 5.74) is 0. The van der Waals surface area contributed by atoms with Gasteiger partial charge in [0.1, 0.15) is 91.6 Å². The van der Waals surface area contributed by atoms with Crippen molar-refractivity contribution in [2.24, 2.45) is 0 Å². The quantitative estimate of drug-likeness (QED) is 0.112. The van der Waals surface area contributed by atoms with E-state index in [1.807, 2.05) is 0 Å². The molecule has 0 aromatic heterocycles. The third kappa shape index (κ3) is 7.13. The molecule has 252 valence electrons.